The summed E-state index contributed by atoms with van der Waals surface area (Å²) in [5, 5.41) is 8.70. The molecule has 1 N–H and O–H groups in total. The van der Waals surface area contributed by atoms with Crippen molar-refractivity contribution in [3.8, 4) is 0 Å². The van der Waals surface area contributed by atoms with Crippen LogP contribution in [0.2, 0.25) is 0 Å². The first-order chi connectivity index (χ1) is 8.70. The average Bonchev–Trinajstić information content (AvgIpc) is 2.40. The van der Waals surface area contributed by atoms with E-state index < -0.39 is 6.61 Å². The molecule has 0 amide bonds. The number of aliphatic hydroxyl groups is 1. The highest BCUT2D eigenvalue weighted by Gasteiger charge is 2.23. The molecule has 1 unspecified atom stereocenters. The van der Waals surface area contributed by atoms with E-state index >= 15 is 0 Å². The Hall–Kier alpha value is -1.48. The number of hydrogen-bond acceptors (Lipinski definition) is 3. The number of carbonyl (C=O) groups excluding carboxylic acids is 2. The minimum atomic E-state index is -0.414. The molecular weight excluding hydrogens is 228 g/mol. The molecule has 18 heavy (non-hydrogen) atoms. The molecule has 3 nitrogen and oxygen atoms in total. The van der Waals surface area contributed by atoms with Crippen LogP contribution < -0.4 is 0 Å². The van der Waals surface area contributed by atoms with Crippen molar-refractivity contribution in [3.63, 3.8) is 0 Å². The van der Waals surface area contributed by atoms with Crippen LogP contribution in [0.25, 0.3) is 0 Å². The third kappa shape index (κ3) is 3.05. The van der Waals surface area contributed by atoms with Gasteiger partial charge < -0.3 is 5.11 Å². The Morgan fingerprint density at radius 1 is 1.22 bits per heavy atom. The zero-order chi connectivity index (χ0) is 13.0. The molecule has 0 aromatic heterocycles. The van der Waals surface area contributed by atoms with Crippen molar-refractivity contribution >= 4 is 11.6 Å². The fraction of sp³-hybridized carbons (Fsp3) is 0.467. The molecule has 1 aromatic rings. The van der Waals surface area contributed by atoms with E-state index in [0.29, 0.717) is 12.2 Å². The summed E-state index contributed by atoms with van der Waals surface area (Å²) in [4.78, 5) is 22.9. The molecule has 1 aromatic carbocycles. The molecule has 0 spiro atoms. The minimum Gasteiger partial charge on any atom is -0.389 e. The molecule has 0 aliphatic heterocycles. The predicted octanol–water partition coefficient (Wildman–Crippen LogP) is 2.02. The van der Waals surface area contributed by atoms with E-state index in [-0.39, 0.29) is 18.1 Å². The molecule has 0 bridgehead atoms. The summed E-state index contributed by atoms with van der Waals surface area (Å²) >= 11 is 0. The van der Waals surface area contributed by atoms with Gasteiger partial charge in [-0.1, -0.05) is 30.7 Å². The maximum Gasteiger partial charge on any atom is 0.162 e. The molecule has 3 heteroatoms. The molecule has 1 aliphatic rings. The zero-order valence-electron chi connectivity index (χ0n) is 10.4. The largest absolute Gasteiger partial charge is 0.389 e. The van der Waals surface area contributed by atoms with Crippen molar-refractivity contribution in [1.82, 2.24) is 0 Å². The first-order valence-electron chi connectivity index (χ1n) is 6.45. The van der Waals surface area contributed by atoms with Crippen molar-refractivity contribution in [1.29, 1.82) is 0 Å². The van der Waals surface area contributed by atoms with E-state index in [1.165, 1.54) is 0 Å². The maximum atomic E-state index is 11.8. The van der Waals surface area contributed by atoms with Gasteiger partial charge in [0.15, 0.2) is 5.78 Å². The van der Waals surface area contributed by atoms with E-state index in [0.717, 1.165) is 30.4 Å². The van der Waals surface area contributed by atoms with Gasteiger partial charge in [0.05, 0.1) is 0 Å². The molecule has 1 saturated carbocycles. The van der Waals surface area contributed by atoms with Gasteiger partial charge >= 0.3 is 0 Å². The number of Topliss-reactive ketones (excluding diaryl/α,β-unsaturated/α-hetero) is 2. The Morgan fingerprint density at radius 3 is 2.56 bits per heavy atom. The van der Waals surface area contributed by atoms with Crippen molar-refractivity contribution < 1.29 is 14.7 Å². The molecule has 96 valence electrons. The van der Waals surface area contributed by atoms with E-state index in [2.05, 4.69) is 0 Å². The van der Waals surface area contributed by atoms with Crippen molar-refractivity contribution in [3.05, 3.63) is 35.4 Å². The second kappa shape index (κ2) is 5.91. The summed E-state index contributed by atoms with van der Waals surface area (Å²) in [7, 11) is 0. The van der Waals surface area contributed by atoms with Gasteiger partial charge in [-0.15, -0.1) is 0 Å². The van der Waals surface area contributed by atoms with Gasteiger partial charge in [0.2, 0.25) is 0 Å². The van der Waals surface area contributed by atoms with Gasteiger partial charge in [0.25, 0.3) is 0 Å². The first kappa shape index (κ1) is 13.0. The predicted molar refractivity (Wildman–Crippen MR) is 68.5 cm³/mol. The Kier molecular flexibility index (Phi) is 4.26. The molecule has 0 radical (unpaired) electrons. The third-order valence-electron chi connectivity index (χ3n) is 3.51. The summed E-state index contributed by atoms with van der Waals surface area (Å²) in [6.45, 7) is -0.414. The van der Waals surface area contributed by atoms with E-state index in [1.807, 2.05) is 24.3 Å². The molecule has 0 saturated heterocycles. The number of rotatable bonds is 4. The van der Waals surface area contributed by atoms with Gasteiger partial charge in [-0.2, -0.15) is 0 Å². The van der Waals surface area contributed by atoms with Crippen LogP contribution in [0, 0.1) is 0 Å². The summed E-state index contributed by atoms with van der Waals surface area (Å²) < 4.78 is 0. The molecule has 1 fully saturated rings. The monoisotopic (exact) mass is 246 g/mol. The number of carbonyl (C=O) groups is 2. The summed E-state index contributed by atoms with van der Waals surface area (Å²) in [6.07, 6.45) is 4.01. The minimum absolute atomic E-state index is 0.0429. The number of hydrogen-bond donors (Lipinski definition) is 1. The highest BCUT2D eigenvalue weighted by Crippen LogP contribution is 2.29. The van der Waals surface area contributed by atoms with Crippen LogP contribution in [-0.4, -0.2) is 23.3 Å². The third-order valence-corrected chi connectivity index (χ3v) is 3.51. The Labute approximate surface area is 107 Å². The van der Waals surface area contributed by atoms with Crippen LogP contribution in [0.3, 0.4) is 0 Å². The first-order valence-corrected chi connectivity index (χ1v) is 6.45. The highest BCUT2D eigenvalue weighted by molar-refractivity contribution is 5.86. The van der Waals surface area contributed by atoms with Gasteiger partial charge in [0.1, 0.15) is 12.4 Å². The van der Waals surface area contributed by atoms with E-state index in [1.54, 1.807) is 0 Å². The molecule has 1 aliphatic carbocycles. The lowest BCUT2D eigenvalue weighted by atomic mass is 9.83. The smallest absolute Gasteiger partial charge is 0.162 e. The van der Waals surface area contributed by atoms with E-state index in [4.69, 9.17) is 5.11 Å². The van der Waals surface area contributed by atoms with Gasteiger partial charge in [-0.25, -0.2) is 0 Å². The van der Waals surface area contributed by atoms with Crippen LogP contribution in [0.1, 0.15) is 42.7 Å². The fourth-order valence-corrected chi connectivity index (χ4v) is 2.49. The van der Waals surface area contributed by atoms with Gasteiger partial charge in [-0.05, 0) is 24.0 Å². The second-order valence-electron chi connectivity index (χ2n) is 4.88. The molecule has 2 rings (SSSR count). The topological polar surface area (TPSA) is 54.4 Å². The Bertz CT molecular complexity index is 434. The lowest BCUT2D eigenvalue weighted by molar-refractivity contribution is -0.122. The van der Waals surface area contributed by atoms with E-state index in [9.17, 15) is 9.59 Å². The summed E-state index contributed by atoms with van der Waals surface area (Å²) in [6, 6.07) is 7.64. The maximum absolute atomic E-state index is 11.8. The highest BCUT2D eigenvalue weighted by atomic mass is 16.3. The van der Waals surface area contributed by atoms with Crippen molar-refractivity contribution in [2.75, 3.05) is 6.61 Å². The van der Waals surface area contributed by atoms with Gasteiger partial charge in [0, 0.05) is 18.8 Å². The zero-order valence-corrected chi connectivity index (χ0v) is 10.4. The number of ketones is 2. The average molecular weight is 246 g/mol. The SMILES string of the molecule is O=C(CO)Cc1ccc(C2CCCCC2=O)cc1. The molecule has 0 heterocycles. The van der Waals surface area contributed by atoms with Crippen LogP contribution in [0.15, 0.2) is 24.3 Å². The normalized spacial score (nSPS) is 19.8. The van der Waals surface area contributed by atoms with Crippen LogP contribution in [-0.2, 0) is 16.0 Å². The molecule has 1 atom stereocenters. The number of aliphatic hydroxyl groups excluding tert-OH is 1. The van der Waals surface area contributed by atoms with Gasteiger partial charge in [-0.3, -0.25) is 9.59 Å². The summed E-state index contributed by atoms with van der Waals surface area (Å²) in [5.74, 6) is 0.193. The number of benzene rings is 1. The van der Waals surface area contributed by atoms with Crippen LogP contribution >= 0.6 is 0 Å². The Morgan fingerprint density at radius 2 is 1.94 bits per heavy atom. The van der Waals surface area contributed by atoms with Crippen molar-refractivity contribution in [2.45, 2.75) is 38.0 Å². The van der Waals surface area contributed by atoms with Crippen molar-refractivity contribution in [2.24, 2.45) is 0 Å². The summed E-state index contributed by atoms with van der Waals surface area (Å²) in [5.41, 5.74) is 1.95. The van der Waals surface area contributed by atoms with Crippen LogP contribution in [0.4, 0.5) is 0 Å². The standard InChI is InChI=1S/C15H18O3/c16-10-13(17)9-11-5-7-12(8-6-11)14-3-1-2-4-15(14)18/h5-8,14,16H,1-4,9-10H2. The Balaban J connectivity index is 2.07. The lowest BCUT2D eigenvalue weighted by Crippen LogP contribution is -2.17. The van der Waals surface area contributed by atoms with Crippen LogP contribution in [0.5, 0.6) is 0 Å². The molecular formula is C15H18O3. The fourth-order valence-electron chi connectivity index (χ4n) is 2.49. The quantitative estimate of drug-likeness (QED) is 0.884. The second-order valence-corrected chi connectivity index (χ2v) is 4.88. The lowest BCUT2D eigenvalue weighted by Gasteiger charge is -2.20.